The third kappa shape index (κ3) is 4.46. The predicted octanol–water partition coefficient (Wildman–Crippen LogP) is -3.90. The van der Waals surface area contributed by atoms with Crippen molar-refractivity contribution in [3.05, 3.63) is 0 Å². The van der Waals surface area contributed by atoms with E-state index in [-0.39, 0.29) is 0 Å². The SMILES string of the molecule is C[C@@H]1OC(CO[C@@]2(C(=O)O)OC([C@H](O)[C@H](O)CO)[C@H](C)[C@H](O)C2F)[C@H](O)[C@H](O)C1O. The summed E-state index contributed by atoms with van der Waals surface area (Å²) in [6.07, 6.45) is -17.1. The average molecular weight is 444 g/mol. The van der Waals surface area contributed by atoms with E-state index in [1.807, 2.05) is 0 Å². The highest BCUT2D eigenvalue weighted by Crippen LogP contribution is 2.39. The molecule has 12 atom stereocenters. The molecule has 4 unspecified atom stereocenters. The fourth-order valence-electron chi connectivity index (χ4n) is 3.59. The third-order valence-electron chi connectivity index (χ3n) is 5.66. The first kappa shape index (κ1) is 25.3. The normalized spacial score (nSPS) is 46.9. The summed E-state index contributed by atoms with van der Waals surface area (Å²) in [7, 11) is 0. The molecule has 2 aliphatic heterocycles. The number of aliphatic hydroxyl groups excluding tert-OH is 7. The standard InChI is InChI=1S/C17H29FO12/c1-5-9(21)15(18)17(16(26)27,30-14(5)11(23)7(20)3-19)28-4-8-12(24)13(25)10(22)6(2)29-8/h5-15,19-25H,3-4H2,1-2H3,(H,26,27)/t5-,6+,7-,8?,9+,10?,11-,12+,13-,14?,15?,17-/m1/s1. The van der Waals surface area contributed by atoms with Crippen molar-refractivity contribution < 1.29 is 64.2 Å². The Morgan fingerprint density at radius 2 is 1.70 bits per heavy atom. The Hall–Kier alpha value is -1.00. The summed E-state index contributed by atoms with van der Waals surface area (Å²) in [6.45, 7) is 0.885. The highest BCUT2D eigenvalue weighted by molar-refractivity contribution is 5.77. The van der Waals surface area contributed by atoms with Crippen LogP contribution in [0.4, 0.5) is 4.39 Å². The van der Waals surface area contributed by atoms with Gasteiger partial charge in [-0.15, -0.1) is 0 Å². The van der Waals surface area contributed by atoms with Crippen LogP contribution in [0.2, 0.25) is 0 Å². The zero-order valence-corrected chi connectivity index (χ0v) is 16.4. The van der Waals surface area contributed by atoms with Gasteiger partial charge in [0.05, 0.1) is 31.5 Å². The van der Waals surface area contributed by atoms with Crippen molar-refractivity contribution in [3.63, 3.8) is 0 Å². The van der Waals surface area contributed by atoms with Crippen molar-refractivity contribution in [3.8, 4) is 0 Å². The molecule has 12 nitrogen and oxygen atoms in total. The molecule has 0 spiro atoms. The number of carboxylic acids is 1. The molecule has 0 aromatic rings. The van der Waals surface area contributed by atoms with E-state index in [9.17, 15) is 44.9 Å². The summed E-state index contributed by atoms with van der Waals surface area (Å²) < 4.78 is 30.5. The lowest BCUT2D eigenvalue weighted by atomic mass is 9.83. The van der Waals surface area contributed by atoms with Gasteiger partial charge in [-0.2, -0.15) is 0 Å². The van der Waals surface area contributed by atoms with Gasteiger partial charge in [-0.25, -0.2) is 9.18 Å². The Morgan fingerprint density at radius 3 is 2.23 bits per heavy atom. The first-order valence-electron chi connectivity index (χ1n) is 9.43. The summed E-state index contributed by atoms with van der Waals surface area (Å²) in [5.74, 6) is -6.35. The molecule has 0 amide bonds. The highest BCUT2D eigenvalue weighted by atomic mass is 19.1. The minimum atomic E-state index is -3.15. The second kappa shape index (κ2) is 9.65. The molecule has 30 heavy (non-hydrogen) atoms. The van der Waals surface area contributed by atoms with Gasteiger partial charge < -0.3 is 55.1 Å². The van der Waals surface area contributed by atoms with Crippen LogP contribution in [-0.2, 0) is 19.0 Å². The van der Waals surface area contributed by atoms with Crippen molar-refractivity contribution in [2.45, 2.75) is 80.7 Å². The summed E-state index contributed by atoms with van der Waals surface area (Å²) >= 11 is 0. The molecule has 0 aromatic carbocycles. The van der Waals surface area contributed by atoms with Crippen molar-refractivity contribution in [1.29, 1.82) is 0 Å². The predicted molar refractivity (Wildman–Crippen MR) is 92.7 cm³/mol. The van der Waals surface area contributed by atoms with E-state index in [4.69, 9.17) is 19.3 Å². The van der Waals surface area contributed by atoms with E-state index in [1.54, 1.807) is 0 Å². The molecular formula is C17H29FO12. The van der Waals surface area contributed by atoms with Gasteiger partial charge in [0.25, 0.3) is 0 Å². The fourth-order valence-corrected chi connectivity index (χ4v) is 3.59. The Kier molecular flexibility index (Phi) is 8.12. The van der Waals surface area contributed by atoms with Gasteiger partial charge in [0.2, 0.25) is 0 Å². The number of rotatable bonds is 7. The molecule has 0 bridgehead atoms. The lowest BCUT2D eigenvalue weighted by Crippen LogP contribution is -2.68. The first-order chi connectivity index (χ1) is 13.9. The topological polar surface area (TPSA) is 207 Å². The third-order valence-corrected chi connectivity index (χ3v) is 5.66. The van der Waals surface area contributed by atoms with E-state index in [0.717, 1.165) is 0 Å². The van der Waals surface area contributed by atoms with Crippen LogP contribution in [0, 0.1) is 5.92 Å². The lowest BCUT2D eigenvalue weighted by molar-refractivity contribution is -0.351. The quantitative estimate of drug-likeness (QED) is 0.190. The Balaban J connectivity index is 2.27. The molecule has 0 aliphatic carbocycles. The molecule has 2 aliphatic rings. The number of ether oxygens (including phenoxy) is 3. The van der Waals surface area contributed by atoms with Gasteiger partial charge in [-0.3, -0.25) is 0 Å². The van der Waals surface area contributed by atoms with Crippen molar-refractivity contribution in [2.24, 2.45) is 5.92 Å². The van der Waals surface area contributed by atoms with Crippen LogP contribution in [0.1, 0.15) is 13.8 Å². The van der Waals surface area contributed by atoms with Crippen LogP contribution >= 0.6 is 0 Å². The molecule has 2 fully saturated rings. The molecule has 0 radical (unpaired) electrons. The van der Waals surface area contributed by atoms with Gasteiger partial charge in [0.1, 0.15) is 36.6 Å². The molecule has 0 saturated carbocycles. The Labute approximate surface area is 171 Å². The van der Waals surface area contributed by atoms with Crippen LogP contribution in [-0.4, -0.2) is 127 Å². The number of hydrogen-bond acceptors (Lipinski definition) is 11. The number of alkyl halides is 1. The summed E-state index contributed by atoms with van der Waals surface area (Å²) in [5.41, 5.74) is 0. The number of aliphatic hydroxyl groups is 7. The maximum absolute atomic E-state index is 14.9. The van der Waals surface area contributed by atoms with Crippen molar-refractivity contribution in [1.82, 2.24) is 0 Å². The van der Waals surface area contributed by atoms with Crippen LogP contribution in [0.25, 0.3) is 0 Å². The van der Waals surface area contributed by atoms with Crippen molar-refractivity contribution in [2.75, 3.05) is 13.2 Å². The number of aliphatic carboxylic acids is 1. The second-order valence-electron chi connectivity index (χ2n) is 7.71. The van der Waals surface area contributed by atoms with Crippen molar-refractivity contribution >= 4 is 5.97 Å². The van der Waals surface area contributed by atoms with Gasteiger partial charge in [-0.05, 0) is 6.92 Å². The van der Waals surface area contributed by atoms with Gasteiger partial charge >= 0.3 is 11.8 Å². The number of carboxylic acid groups (broad SMARTS) is 1. The van der Waals surface area contributed by atoms with E-state index >= 15 is 0 Å². The van der Waals surface area contributed by atoms with E-state index in [1.165, 1.54) is 13.8 Å². The molecular weight excluding hydrogens is 415 g/mol. The van der Waals surface area contributed by atoms with Crippen LogP contribution in [0.3, 0.4) is 0 Å². The largest absolute Gasteiger partial charge is 0.477 e. The molecule has 2 rings (SSSR count). The number of halogens is 1. The molecule has 0 aromatic heterocycles. The van der Waals surface area contributed by atoms with Crippen LogP contribution in [0.15, 0.2) is 0 Å². The fraction of sp³-hybridized carbons (Fsp3) is 0.941. The lowest BCUT2D eigenvalue weighted by Gasteiger charge is -2.48. The van der Waals surface area contributed by atoms with Gasteiger partial charge in [-0.1, -0.05) is 6.92 Å². The minimum Gasteiger partial charge on any atom is -0.477 e. The molecule has 2 heterocycles. The number of carbonyl (C=O) groups is 1. The second-order valence-corrected chi connectivity index (χ2v) is 7.71. The summed E-state index contributed by atoms with van der Waals surface area (Å²) in [4.78, 5) is 11.9. The molecule has 8 N–H and O–H groups in total. The van der Waals surface area contributed by atoms with Crippen LogP contribution in [0.5, 0.6) is 0 Å². The first-order valence-corrected chi connectivity index (χ1v) is 9.43. The average Bonchev–Trinajstić information content (AvgIpc) is 2.72. The maximum atomic E-state index is 14.9. The molecule has 176 valence electrons. The minimum absolute atomic E-state index is 0.825. The summed E-state index contributed by atoms with van der Waals surface area (Å²) in [6, 6.07) is 0. The van der Waals surface area contributed by atoms with E-state index < -0.39 is 92.0 Å². The smallest absolute Gasteiger partial charge is 0.367 e. The zero-order valence-electron chi connectivity index (χ0n) is 16.4. The van der Waals surface area contributed by atoms with Crippen LogP contribution < -0.4 is 0 Å². The maximum Gasteiger partial charge on any atom is 0.367 e. The molecule has 13 heteroatoms. The monoisotopic (exact) mass is 444 g/mol. The van der Waals surface area contributed by atoms with Gasteiger partial charge in [0.15, 0.2) is 6.17 Å². The Bertz CT molecular complexity index is 591. The Morgan fingerprint density at radius 1 is 1.10 bits per heavy atom. The molecule has 2 saturated heterocycles. The zero-order chi connectivity index (χ0) is 23.0. The highest BCUT2D eigenvalue weighted by Gasteiger charge is 2.62. The number of hydrogen-bond donors (Lipinski definition) is 8. The van der Waals surface area contributed by atoms with Gasteiger partial charge in [0, 0.05) is 5.92 Å². The van der Waals surface area contributed by atoms with E-state index in [0.29, 0.717) is 0 Å². The van der Waals surface area contributed by atoms with E-state index in [2.05, 4.69) is 0 Å². The summed E-state index contributed by atoms with van der Waals surface area (Å²) in [5, 5.41) is 78.2.